The third-order valence-electron chi connectivity index (χ3n) is 0.929. The van der Waals surface area contributed by atoms with Gasteiger partial charge in [-0.2, -0.15) is 0 Å². The van der Waals surface area contributed by atoms with Gasteiger partial charge in [0, 0.05) is 52.7 Å². The van der Waals surface area contributed by atoms with Gasteiger partial charge in [-0.05, 0) is 13.5 Å². The molecular formula is C8H15N3OY-2. The Morgan fingerprint density at radius 2 is 1.85 bits per heavy atom. The van der Waals surface area contributed by atoms with Gasteiger partial charge in [-0.3, -0.25) is 4.79 Å². The minimum atomic E-state index is -0.0285. The molecule has 0 atom stereocenters. The molecule has 0 rings (SSSR count). The van der Waals surface area contributed by atoms with Crippen LogP contribution in [0.4, 0.5) is 0 Å². The number of nitrogens with one attached hydrogen (secondary N) is 1. The first-order valence-corrected chi connectivity index (χ1v) is 3.66. The van der Waals surface area contributed by atoms with E-state index in [2.05, 4.69) is 22.0 Å². The molecule has 0 heterocycles. The first-order chi connectivity index (χ1) is 5.72. The number of hydrogen-bond acceptors (Lipinski definition) is 3. The smallest absolute Gasteiger partial charge is 0.221 e. The molecule has 0 aromatic rings. The number of aliphatic imine (C=N–C) groups is 2. The van der Waals surface area contributed by atoms with E-state index in [-0.39, 0.29) is 38.6 Å². The van der Waals surface area contributed by atoms with Gasteiger partial charge >= 0.3 is 0 Å². The molecule has 0 unspecified atom stereocenters. The minimum absolute atomic E-state index is 0. The van der Waals surface area contributed by atoms with Gasteiger partial charge in [0.2, 0.25) is 5.91 Å². The summed E-state index contributed by atoms with van der Waals surface area (Å²) < 4.78 is 0. The van der Waals surface area contributed by atoms with Crippen LogP contribution >= 0.6 is 0 Å². The van der Waals surface area contributed by atoms with Crippen LogP contribution in [-0.4, -0.2) is 39.5 Å². The molecule has 1 amide bonds. The maximum atomic E-state index is 10.3. The normalized spacial score (nSPS) is 6.92. The Bertz CT molecular complexity index is 139. The van der Waals surface area contributed by atoms with Gasteiger partial charge in [-0.15, -0.1) is 0 Å². The molecule has 0 bridgehead atoms. The van der Waals surface area contributed by atoms with Crippen LogP contribution in [-0.2, 0) is 37.5 Å². The van der Waals surface area contributed by atoms with Crippen molar-refractivity contribution in [3.05, 3.63) is 0 Å². The average molecular weight is 258 g/mol. The fourth-order valence-corrected chi connectivity index (χ4v) is 0.291. The molecule has 0 fully saturated rings. The summed E-state index contributed by atoms with van der Waals surface area (Å²) in [6.07, 6.45) is 0.382. The molecule has 0 aliphatic heterocycles. The van der Waals surface area contributed by atoms with Crippen LogP contribution in [0.1, 0.15) is 13.3 Å². The van der Waals surface area contributed by atoms with E-state index in [0.717, 1.165) is 6.54 Å². The van der Waals surface area contributed by atoms with E-state index in [1.165, 1.54) is 0 Å². The standard InChI is InChI=1S/C5H9N2O.C3H6N.Y/c1-6-4-3-5(8)7-2;1-3-4-2;/h1H,3-4H2,2H3,(H,7,8);2H,3H2,1H3;/q2*-1;. The molecule has 0 aromatic carbocycles. The van der Waals surface area contributed by atoms with Crippen molar-refractivity contribution in [1.82, 2.24) is 5.32 Å². The largest absolute Gasteiger partial charge is 0.506 e. The quantitative estimate of drug-likeness (QED) is 0.571. The van der Waals surface area contributed by atoms with Gasteiger partial charge < -0.3 is 28.7 Å². The Labute approximate surface area is 105 Å². The summed E-state index contributed by atoms with van der Waals surface area (Å²) in [5.41, 5.74) is 0. The van der Waals surface area contributed by atoms with Crippen LogP contribution in [0.15, 0.2) is 9.98 Å². The Hall–Kier alpha value is -0.0861. The Balaban J connectivity index is -0.000000173. The van der Waals surface area contributed by atoms with Gasteiger partial charge in [0.25, 0.3) is 0 Å². The summed E-state index contributed by atoms with van der Waals surface area (Å²) in [7, 11) is 1.58. The van der Waals surface area contributed by atoms with Crippen LogP contribution in [0.5, 0.6) is 0 Å². The number of hydrogen-bond donors (Lipinski definition) is 1. The van der Waals surface area contributed by atoms with Crippen molar-refractivity contribution in [3.8, 4) is 0 Å². The van der Waals surface area contributed by atoms with Crippen molar-refractivity contribution in [2.45, 2.75) is 13.3 Å². The summed E-state index contributed by atoms with van der Waals surface area (Å²) in [5.74, 6) is -0.0285. The van der Waals surface area contributed by atoms with Gasteiger partial charge in [-0.25, -0.2) is 0 Å². The Kier molecular flexibility index (Phi) is 25.6. The molecule has 13 heavy (non-hydrogen) atoms. The molecule has 4 nitrogen and oxygen atoms in total. The van der Waals surface area contributed by atoms with Crippen molar-refractivity contribution in [1.29, 1.82) is 0 Å². The van der Waals surface area contributed by atoms with Crippen LogP contribution in [0.25, 0.3) is 0 Å². The molecule has 0 saturated heterocycles. The number of amides is 1. The number of nitrogens with zero attached hydrogens (tertiary/aromatic N) is 2. The molecule has 0 saturated carbocycles. The van der Waals surface area contributed by atoms with Crippen LogP contribution in [0.3, 0.4) is 0 Å². The molecule has 1 radical (unpaired) electrons. The topological polar surface area (TPSA) is 53.8 Å². The van der Waals surface area contributed by atoms with E-state index in [1.807, 2.05) is 6.92 Å². The molecule has 0 aliphatic carbocycles. The van der Waals surface area contributed by atoms with Crippen molar-refractivity contribution < 1.29 is 37.5 Å². The van der Waals surface area contributed by atoms with E-state index in [0.29, 0.717) is 13.0 Å². The van der Waals surface area contributed by atoms with Crippen molar-refractivity contribution in [2.75, 3.05) is 20.1 Å². The summed E-state index contributed by atoms with van der Waals surface area (Å²) in [4.78, 5) is 16.8. The predicted molar refractivity (Wildman–Crippen MR) is 51.1 cm³/mol. The van der Waals surface area contributed by atoms with E-state index in [4.69, 9.17) is 6.72 Å². The second kappa shape index (κ2) is 17.9. The minimum Gasteiger partial charge on any atom is -0.506 e. The SMILES string of the molecule is [CH-]=NCC.[CH-]=NCCC(=O)NC.[Y]. The zero-order chi connectivity index (χ0) is 9.82. The zero-order valence-corrected chi connectivity index (χ0v) is 11.0. The van der Waals surface area contributed by atoms with Crippen molar-refractivity contribution in [2.24, 2.45) is 9.98 Å². The van der Waals surface area contributed by atoms with Gasteiger partial charge in [0.15, 0.2) is 0 Å². The van der Waals surface area contributed by atoms with Gasteiger partial charge in [-0.1, -0.05) is 0 Å². The first-order valence-electron chi connectivity index (χ1n) is 3.66. The molecule has 0 aromatic heterocycles. The number of carbonyl (C=O) groups excluding carboxylic acids is 1. The maximum Gasteiger partial charge on any atom is 0.221 e. The van der Waals surface area contributed by atoms with Crippen LogP contribution in [0.2, 0.25) is 0 Å². The second-order valence-corrected chi connectivity index (χ2v) is 1.83. The Morgan fingerprint density at radius 1 is 1.38 bits per heavy atom. The number of rotatable bonds is 4. The zero-order valence-electron chi connectivity index (χ0n) is 8.16. The van der Waals surface area contributed by atoms with E-state index < -0.39 is 0 Å². The van der Waals surface area contributed by atoms with Crippen molar-refractivity contribution in [3.63, 3.8) is 0 Å². The van der Waals surface area contributed by atoms with Crippen LogP contribution < -0.4 is 5.32 Å². The summed E-state index contributed by atoms with van der Waals surface area (Å²) in [6.45, 7) is 12.4. The number of carbonyl (C=O) groups is 1. The monoisotopic (exact) mass is 258 g/mol. The molecule has 0 spiro atoms. The van der Waals surface area contributed by atoms with Gasteiger partial charge in [0.05, 0.1) is 0 Å². The molecule has 5 heteroatoms. The van der Waals surface area contributed by atoms with Gasteiger partial charge in [0.1, 0.15) is 0 Å². The average Bonchev–Trinajstić information content (AvgIpc) is 2.14. The first kappa shape index (κ1) is 18.6. The maximum absolute atomic E-state index is 10.3. The summed E-state index contributed by atoms with van der Waals surface area (Å²) in [6, 6.07) is 0. The fraction of sp³-hybridized carbons (Fsp3) is 0.625. The van der Waals surface area contributed by atoms with E-state index in [1.54, 1.807) is 7.05 Å². The third-order valence-corrected chi connectivity index (χ3v) is 0.929. The Morgan fingerprint density at radius 3 is 2.08 bits per heavy atom. The molecule has 73 valence electrons. The fourth-order valence-electron chi connectivity index (χ4n) is 0.291. The molecule has 0 aliphatic rings. The third kappa shape index (κ3) is 24.5. The summed E-state index contributed by atoms with van der Waals surface area (Å²) >= 11 is 0. The predicted octanol–water partition coefficient (Wildman–Crippen LogP) is 0.282. The molecular weight excluding hydrogens is 243 g/mol. The summed E-state index contributed by atoms with van der Waals surface area (Å²) in [5, 5.41) is 2.45. The van der Waals surface area contributed by atoms with Crippen LogP contribution in [0, 0.1) is 0 Å². The second-order valence-electron chi connectivity index (χ2n) is 1.83. The molecule has 1 N–H and O–H groups in total. The van der Waals surface area contributed by atoms with Crippen molar-refractivity contribution >= 4 is 19.3 Å². The van der Waals surface area contributed by atoms with E-state index >= 15 is 0 Å². The van der Waals surface area contributed by atoms with E-state index in [9.17, 15) is 4.79 Å².